The molecule has 3 aromatic rings. The summed E-state index contributed by atoms with van der Waals surface area (Å²) in [5, 5.41) is 4.80. The number of aromatic nitrogens is 2. The molecule has 1 aliphatic heterocycles. The number of nitrogens with one attached hydrogen (secondary N) is 1. The minimum atomic E-state index is -0.173. The molecule has 1 aliphatic carbocycles. The zero-order chi connectivity index (χ0) is 19.1. The van der Waals surface area contributed by atoms with Crippen LogP contribution in [0.2, 0.25) is 0 Å². The summed E-state index contributed by atoms with van der Waals surface area (Å²) in [5.74, 6) is -0.0326. The predicted molar refractivity (Wildman–Crippen MR) is 112 cm³/mol. The van der Waals surface area contributed by atoms with Crippen LogP contribution in [0.5, 0.6) is 0 Å². The molecule has 0 saturated carbocycles. The first-order chi connectivity index (χ1) is 13.7. The monoisotopic (exact) mass is 410 g/mol. The molecule has 2 amide bonds. The summed E-state index contributed by atoms with van der Waals surface area (Å²) in [6.45, 7) is 0.0451. The van der Waals surface area contributed by atoms with E-state index >= 15 is 0 Å². The number of fused-ring (bicyclic) bond motifs is 4. The molecular formula is C20H18N4O2S2. The molecule has 0 saturated heterocycles. The predicted octanol–water partition coefficient (Wildman–Crippen LogP) is 3.65. The Morgan fingerprint density at radius 3 is 3.00 bits per heavy atom. The van der Waals surface area contributed by atoms with E-state index in [2.05, 4.69) is 15.3 Å². The van der Waals surface area contributed by atoms with Gasteiger partial charge in [0.15, 0.2) is 0 Å². The van der Waals surface area contributed by atoms with E-state index in [1.807, 2.05) is 24.3 Å². The molecule has 142 valence electrons. The van der Waals surface area contributed by atoms with Gasteiger partial charge in [0.2, 0.25) is 11.8 Å². The van der Waals surface area contributed by atoms with Crippen molar-refractivity contribution in [2.45, 2.75) is 30.7 Å². The van der Waals surface area contributed by atoms with Crippen molar-refractivity contribution in [2.75, 3.05) is 22.5 Å². The molecule has 0 spiro atoms. The van der Waals surface area contributed by atoms with Crippen molar-refractivity contribution in [1.82, 2.24) is 9.97 Å². The van der Waals surface area contributed by atoms with Crippen LogP contribution in [-0.4, -0.2) is 34.1 Å². The second-order valence-electron chi connectivity index (χ2n) is 6.90. The highest BCUT2D eigenvalue weighted by Gasteiger charge is 2.27. The third-order valence-corrected chi connectivity index (χ3v) is 7.29. The summed E-state index contributed by atoms with van der Waals surface area (Å²) in [6.07, 6.45) is 6.17. The van der Waals surface area contributed by atoms with Crippen LogP contribution < -0.4 is 10.2 Å². The standard InChI is InChI=1S/C20H18N4O2S2/c25-16-9-24(14-7-3-2-6-13(14)23-16)17(26)10-27-19-18-12-5-1-4-8-15(12)28-20(18)22-11-21-19/h2-3,6-7,11H,1,4-5,8-10H2,(H,23,25). The quantitative estimate of drug-likeness (QED) is 0.527. The fourth-order valence-electron chi connectivity index (χ4n) is 3.83. The number of anilines is 2. The van der Waals surface area contributed by atoms with Gasteiger partial charge in [-0.1, -0.05) is 23.9 Å². The molecule has 2 aromatic heterocycles. The van der Waals surface area contributed by atoms with Crippen molar-refractivity contribution < 1.29 is 9.59 Å². The number of thiophene rings is 1. The van der Waals surface area contributed by atoms with Gasteiger partial charge < -0.3 is 10.2 Å². The molecule has 2 aliphatic rings. The lowest BCUT2D eigenvalue weighted by Crippen LogP contribution is -2.43. The second kappa shape index (κ2) is 7.18. The summed E-state index contributed by atoms with van der Waals surface area (Å²) < 4.78 is 0. The third-order valence-electron chi connectivity index (χ3n) is 5.12. The Morgan fingerprint density at radius 2 is 2.07 bits per heavy atom. The van der Waals surface area contributed by atoms with Crippen LogP contribution in [0.3, 0.4) is 0 Å². The Morgan fingerprint density at radius 1 is 1.21 bits per heavy atom. The molecule has 0 radical (unpaired) electrons. The molecule has 8 heteroatoms. The molecule has 1 aromatic carbocycles. The zero-order valence-corrected chi connectivity index (χ0v) is 16.7. The first kappa shape index (κ1) is 17.6. The van der Waals surface area contributed by atoms with E-state index in [1.165, 1.54) is 35.0 Å². The average Bonchev–Trinajstić information content (AvgIpc) is 3.10. The molecule has 6 nitrogen and oxygen atoms in total. The van der Waals surface area contributed by atoms with Gasteiger partial charge in [-0.2, -0.15) is 0 Å². The van der Waals surface area contributed by atoms with Gasteiger partial charge in [-0.05, 0) is 43.4 Å². The van der Waals surface area contributed by atoms with Gasteiger partial charge in [-0.3, -0.25) is 9.59 Å². The number of carbonyl (C=O) groups is 2. The number of amides is 2. The highest BCUT2D eigenvalue weighted by Crippen LogP contribution is 2.39. The molecule has 1 N–H and O–H groups in total. The fraction of sp³-hybridized carbons (Fsp3) is 0.300. The van der Waals surface area contributed by atoms with Crippen molar-refractivity contribution in [3.8, 4) is 0 Å². The van der Waals surface area contributed by atoms with Crippen LogP contribution in [-0.2, 0) is 22.4 Å². The second-order valence-corrected chi connectivity index (χ2v) is 8.95. The lowest BCUT2D eigenvalue weighted by molar-refractivity contribution is -0.120. The van der Waals surface area contributed by atoms with Crippen LogP contribution in [0, 0.1) is 0 Å². The van der Waals surface area contributed by atoms with Crippen molar-refractivity contribution >= 4 is 56.5 Å². The summed E-state index contributed by atoms with van der Waals surface area (Å²) in [6, 6.07) is 7.38. The maximum atomic E-state index is 12.9. The molecule has 28 heavy (non-hydrogen) atoms. The SMILES string of the molecule is O=C1CN(C(=O)CSc2ncnc3sc4c(c23)CCCC4)c2ccccc2N1. The molecule has 3 heterocycles. The van der Waals surface area contributed by atoms with Gasteiger partial charge in [0.05, 0.1) is 17.1 Å². The Kier molecular flexibility index (Phi) is 4.52. The first-order valence-electron chi connectivity index (χ1n) is 9.28. The normalized spacial score (nSPS) is 15.9. The average molecular weight is 411 g/mol. The van der Waals surface area contributed by atoms with E-state index in [0.29, 0.717) is 5.69 Å². The molecular weight excluding hydrogens is 392 g/mol. The Labute approximate surface area is 170 Å². The highest BCUT2D eigenvalue weighted by atomic mass is 32.2. The van der Waals surface area contributed by atoms with Gasteiger partial charge in [0.1, 0.15) is 22.7 Å². The smallest absolute Gasteiger partial charge is 0.244 e. The topological polar surface area (TPSA) is 75.2 Å². The lowest BCUT2D eigenvalue weighted by atomic mass is 9.97. The number of carbonyl (C=O) groups excluding carboxylic acids is 2. The van der Waals surface area contributed by atoms with Gasteiger partial charge in [-0.15, -0.1) is 11.3 Å². The van der Waals surface area contributed by atoms with E-state index in [1.54, 1.807) is 22.6 Å². The molecule has 0 atom stereocenters. The molecule has 5 rings (SSSR count). The molecule has 0 unspecified atom stereocenters. The lowest BCUT2D eigenvalue weighted by Gasteiger charge is -2.29. The highest BCUT2D eigenvalue weighted by molar-refractivity contribution is 8.00. The van der Waals surface area contributed by atoms with Crippen LogP contribution in [0.4, 0.5) is 11.4 Å². The molecule has 0 fully saturated rings. The zero-order valence-electron chi connectivity index (χ0n) is 15.1. The minimum Gasteiger partial charge on any atom is -0.323 e. The van der Waals surface area contributed by atoms with Crippen LogP contribution >= 0.6 is 23.1 Å². The van der Waals surface area contributed by atoms with Gasteiger partial charge in [0, 0.05) is 10.3 Å². The van der Waals surface area contributed by atoms with Gasteiger partial charge in [0.25, 0.3) is 0 Å². The van der Waals surface area contributed by atoms with Crippen molar-refractivity contribution in [1.29, 1.82) is 0 Å². The fourth-order valence-corrected chi connectivity index (χ4v) is 6.03. The van der Waals surface area contributed by atoms with Crippen LogP contribution in [0.1, 0.15) is 23.3 Å². The maximum absolute atomic E-state index is 12.9. The number of thioether (sulfide) groups is 1. The van der Waals surface area contributed by atoms with Crippen LogP contribution in [0.25, 0.3) is 10.2 Å². The summed E-state index contributed by atoms with van der Waals surface area (Å²) in [4.78, 5) is 37.8. The van der Waals surface area contributed by atoms with E-state index in [4.69, 9.17) is 0 Å². The van der Waals surface area contributed by atoms with Crippen LogP contribution in [0.15, 0.2) is 35.6 Å². The number of nitrogens with zero attached hydrogens (tertiary/aromatic N) is 3. The Bertz CT molecular complexity index is 1090. The number of benzene rings is 1. The van der Waals surface area contributed by atoms with Crippen molar-refractivity contribution in [3.05, 3.63) is 41.0 Å². The summed E-state index contributed by atoms with van der Waals surface area (Å²) in [7, 11) is 0. The number of hydrogen-bond donors (Lipinski definition) is 1. The third kappa shape index (κ3) is 3.06. The van der Waals surface area contributed by atoms with E-state index in [0.717, 1.165) is 33.8 Å². The summed E-state index contributed by atoms with van der Waals surface area (Å²) in [5.41, 5.74) is 2.78. The maximum Gasteiger partial charge on any atom is 0.244 e. The number of rotatable bonds is 3. The van der Waals surface area contributed by atoms with E-state index in [-0.39, 0.29) is 24.1 Å². The Balaban J connectivity index is 1.41. The van der Waals surface area contributed by atoms with Gasteiger partial charge in [-0.25, -0.2) is 9.97 Å². The largest absolute Gasteiger partial charge is 0.323 e. The van der Waals surface area contributed by atoms with E-state index < -0.39 is 0 Å². The number of aryl methyl sites for hydroxylation is 2. The Hall–Kier alpha value is -2.45. The number of para-hydroxylation sites is 2. The van der Waals surface area contributed by atoms with E-state index in [9.17, 15) is 9.59 Å². The van der Waals surface area contributed by atoms with Gasteiger partial charge >= 0.3 is 0 Å². The first-order valence-corrected chi connectivity index (χ1v) is 11.1. The summed E-state index contributed by atoms with van der Waals surface area (Å²) >= 11 is 3.19. The minimum absolute atomic E-state index is 0.0451. The van der Waals surface area contributed by atoms with Crippen molar-refractivity contribution in [2.24, 2.45) is 0 Å². The molecule has 0 bridgehead atoms. The number of hydrogen-bond acceptors (Lipinski definition) is 6. The van der Waals surface area contributed by atoms with Crippen molar-refractivity contribution in [3.63, 3.8) is 0 Å².